The van der Waals surface area contributed by atoms with E-state index in [0.29, 0.717) is 47.4 Å². The number of hydrogen-bond acceptors (Lipinski definition) is 5. The van der Waals surface area contributed by atoms with E-state index in [9.17, 15) is 4.79 Å². The van der Waals surface area contributed by atoms with E-state index in [1.807, 2.05) is 6.07 Å². The molecule has 0 aliphatic carbocycles. The smallest absolute Gasteiger partial charge is 0.225 e. The molecule has 0 radical (unpaired) electrons. The summed E-state index contributed by atoms with van der Waals surface area (Å²) in [6.07, 6.45) is 2.29. The number of aromatic nitrogens is 1. The predicted molar refractivity (Wildman–Crippen MR) is 90.3 cm³/mol. The molecular formula is C17H16ClN3O3. The fourth-order valence-electron chi connectivity index (χ4n) is 1.93. The van der Waals surface area contributed by atoms with E-state index >= 15 is 0 Å². The molecule has 0 unspecified atom stereocenters. The third kappa shape index (κ3) is 5.14. The molecule has 1 N–H and O–H groups in total. The lowest BCUT2D eigenvalue weighted by Crippen LogP contribution is -2.13. The number of nitrogens with zero attached hydrogens (tertiary/aromatic N) is 2. The highest BCUT2D eigenvalue weighted by Gasteiger charge is 2.07. The van der Waals surface area contributed by atoms with Crippen LogP contribution in [0, 0.1) is 11.3 Å². The minimum Gasteiger partial charge on any atom is -0.493 e. The van der Waals surface area contributed by atoms with Crippen molar-refractivity contribution in [1.82, 2.24) is 4.98 Å². The van der Waals surface area contributed by atoms with E-state index in [4.69, 9.17) is 26.3 Å². The summed E-state index contributed by atoms with van der Waals surface area (Å²) in [5.74, 6) is 1.33. The first kappa shape index (κ1) is 17.6. The number of pyridine rings is 1. The molecule has 124 valence electrons. The molecule has 1 aromatic heterocycles. The van der Waals surface area contributed by atoms with Gasteiger partial charge in [0.1, 0.15) is 5.82 Å². The van der Waals surface area contributed by atoms with Crippen molar-refractivity contribution >= 4 is 23.3 Å². The SMILES string of the molecule is COc1cc(C#N)ccc1OCCCC(=O)Nc1ccc(Cl)cn1. The minimum absolute atomic E-state index is 0.153. The van der Waals surface area contributed by atoms with Crippen LogP contribution < -0.4 is 14.8 Å². The number of amides is 1. The number of carbonyl (C=O) groups is 1. The Labute approximate surface area is 145 Å². The molecule has 0 saturated carbocycles. The Bertz CT molecular complexity index is 742. The Morgan fingerprint density at radius 1 is 1.33 bits per heavy atom. The second kappa shape index (κ2) is 8.75. The van der Waals surface area contributed by atoms with Crippen molar-refractivity contribution in [2.24, 2.45) is 0 Å². The Morgan fingerprint density at radius 3 is 2.83 bits per heavy atom. The number of hydrogen-bond donors (Lipinski definition) is 1. The molecule has 0 aliphatic rings. The molecular weight excluding hydrogens is 330 g/mol. The molecule has 0 saturated heterocycles. The summed E-state index contributed by atoms with van der Waals surface area (Å²) >= 11 is 5.73. The molecule has 2 aromatic rings. The second-order valence-electron chi connectivity index (χ2n) is 4.84. The van der Waals surface area contributed by atoms with E-state index in [2.05, 4.69) is 10.3 Å². The van der Waals surface area contributed by atoms with Crippen molar-refractivity contribution < 1.29 is 14.3 Å². The van der Waals surface area contributed by atoms with Gasteiger partial charge in [-0.05, 0) is 30.7 Å². The maximum Gasteiger partial charge on any atom is 0.225 e. The fourth-order valence-corrected chi connectivity index (χ4v) is 2.04. The van der Waals surface area contributed by atoms with E-state index in [1.165, 1.54) is 13.3 Å². The van der Waals surface area contributed by atoms with Gasteiger partial charge in [-0.1, -0.05) is 11.6 Å². The van der Waals surface area contributed by atoms with Crippen molar-refractivity contribution in [1.29, 1.82) is 5.26 Å². The zero-order chi connectivity index (χ0) is 17.4. The van der Waals surface area contributed by atoms with Gasteiger partial charge in [-0.25, -0.2) is 4.98 Å². The first-order chi connectivity index (χ1) is 11.6. The van der Waals surface area contributed by atoms with Crippen LogP contribution in [0.4, 0.5) is 5.82 Å². The van der Waals surface area contributed by atoms with Crippen molar-refractivity contribution in [3.8, 4) is 17.6 Å². The molecule has 1 heterocycles. The van der Waals surface area contributed by atoms with Crippen LogP contribution in [-0.4, -0.2) is 24.6 Å². The van der Waals surface area contributed by atoms with Crippen LogP contribution in [0.5, 0.6) is 11.5 Å². The summed E-state index contributed by atoms with van der Waals surface area (Å²) in [7, 11) is 1.51. The van der Waals surface area contributed by atoms with Gasteiger partial charge >= 0.3 is 0 Å². The van der Waals surface area contributed by atoms with E-state index in [-0.39, 0.29) is 5.91 Å². The van der Waals surface area contributed by atoms with Gasteiger partial charge in [0.05, 0.1) is 30.4 Å². The largest absolute Gasteiger partial charge is 0.493 e. The molecule has 0 fully saturated rings. The van der Waals surface area contributed by atoms with Gasteiger partial charge < -0.3 is 14.8 Å². The Morgan fingerprint density at radius 2 is 2.17 bits per heavy atom. The normalized spacial score (nSPS) is 9.88. The molecule has 2 rings (SSSR count). The van der Waals surface area contributed by atoms with Crippen LogP contribution >= 0.6 is 11.6 Å². The third-order valence-corrected chi connectivity index (χ3v) is 3.32. The van der Waals surface area contributed by atoms with Crippen molar-refractivity contribution in [2.45, 2.75) is 12.8 Å². The number of ether oxygens (including phenoxy) is 2. The maximum absolute atomic E-state index is 11.8. The summed E-state index contributed by atoms with van der Waals surface area (Å²) in [4.78, 5) is 15.8. The topological polar surface area (TPSA) is 84.2 Å². The van der Waals surface area contributed by atoms with E-state index < -0.39 is 0 Å². The average molecular weight is 346 g/mol. The number of rotatable bonds is 7. The van der Waals surface area contributed by atoms with Crippen LogP contribution in [0.3, 0.4) is 0 Å². The molecule has 6 nitrogen and oxygen atoms in total. The number of anilines is 1. The highest BCUT2D eigenvalue weighted by Crippen LogP contribution is 2.27. The molecule has 0 spiro atoms. The number of nitriles is 1. The zero-order valence-electron chi connectivity index (χ0n) is 13.1. The first-order valence-corrected chi connectivity index (χ1v) is 7.62. The molecule has 24 heavy (non-hydrogen) atoms. The summed E-state index contributed by atoms with van der Waals surface area (Å²) in [5.41, 5.74) is 0.494. The number of benzene rings is 1. The van der Waals surface area contributed by atoms with Gasteiger partial charge in [0, 0.05) is 18.7 Å². The summed E-state index contributed by atoms with van der Waals surface area (Å²) in [6, 6.07) is 10.3. The lowest BCUT2D eigenvalue weighted by atomic mass is 10.2. The monoisotopic (exact) mass is 345 g/mol. The summed E-state index contributed by atoms with van der Waals surface area (Å²) < 4.78 is 10.8. The molecule has 0 atom stereocenters. The van der Waals surface area contributed by atoms with Crippen molar-refractivity contribution in [3.63, 3.8) is 0 Å². The predicted octanol–water partition coefficient (Wildman–Crippen LogP) is 3.41. The van der Waals surface area contributed by atoms with Crippen molar-refractivity contribution in [3.05, 3.63) is 47.1 Å². The number of halogens is 1. The Kier molecular flexibility index (Phi) is 6.41. The molecule has 7 heteroatoms. The van der Waals surface area contributed by atoms with Crippen LogP contribution in [0.25, 0.3) is 0 Å². The Hall–Kier alpha value is -2.78. The molecule has 1 amide bonds. The first-order valence-electron chi connectivity index (χ1n) is 7.24. The van der Waals surface area contributed by atoms with Crippen LogP contribution in [0.15, 0.2) is 36.5 Å². The van der Waals surface area contributed by atoms with Gasteiger partial charge in [0.25, 0.3) is 0 Å². The van der Waals surface area contributed by atoms with Crippen LogP contribution in [-0.2, 0) is 4.79 Å². The maximum atomic E-state index is 11.8. The van der Waals surface area contributed by atoms with Crippen LogP contribution in [0.1, 0.15) is 18.4 Å². The third-order valence-electron chi connectivity index (χ3n) is 3.09. The zero-order valence-corrected chi connectivity index (χ0v) is 13.8. The van der Waals surface area contributed by atoms with Gasteiger partial charge in [-0.3, -0.25) is 4.79 Å². The lowest BCUT2D eigenvalue weighted by molar-refractivity contribution is -0.116. The van der Waals surface area contributed by atoms with Gasteiger partial charge in [0.2, 0.25) is 5.91 Å². The fraction of sp³-hybridized carbons (Fsp3) is 0.235. The highest BCUT2D eigenvalue weighted by molar-refractivity contribution is 6.30. The molecule has 1 aromatic carbocycles. The quantitative estimate of drug-likeness (QED) is 0.777. The molecule has 0 aliphatic heterocycles. The standard InChI is InChI=1S/C17H16ClN3O3/c1-23-15-9-12(10-19)4-6-14(15)24-8-2-3-17(22)21-16-7-5-13(18)11-20-16/h4-7,9,11H,2-3,8H2,1H3,(H,20,21,22). The highest BCUT2D eigenvalue weighted by atomic mass is 35.5. The summed E-state index contributed by atoms with van der Waals surface area (Å²) in [5, 5.41) is 12.0. The van der Waals surface area contributed by atoms with Crippen molar-refractivity contribution in [2.75, 3.05) is 19.0 Å². The van der Waals surface area contributed by atoms with Gasteiger partial charge in [0.15, 0.2) is 11.5 Å². The number of carbonyl (C=O) groups excluding carboxylic acids is 1. The number of nitrogens with one attached hydrogen (secondary N) is 1. The number of methoxy groups -OCH3 is 1. The minimum atomic E-state index is -0.153. The average Bonchev–Trinajstić information content (AvgIpc) is 2.60. The Balaban J connectivity index is 1.77. The summed E-state index contributed by atoms with van der Waals surface area (Å²) in [6.45, 7) is 0.351. The second-order valence-corrected chi connectivity index (χ2v) is 5.28. The van der Waals surface area contributed by atoms with Gasteiger partial charge in [-0.15, -0.1) is 0 Å². The molecule has 0 bridgehead atoms. The lowest BCUT2D eigenvalue weighted by Gasteiger charge is -2.10. The van der Waals surface area contributed by atoms with Crippen LogP contribution in [0.2, 0.25) is 5.02 Å². The van der Waals surface area contributed by atoms with E-state index in [0.717, 1.165) is 0 Å². The van der Waals surface area contributed by atoms with E-state index in [1.54, 1.807) is 30.3 Å². The van der Waals surface area contributed by atoms with Gasteiger partial charge in [-0.2, -0.15) is 5.26 Å².